The third-order valence-electron chi connectivity index (χ3n) is 4.23. The maximum absolute atomic E-state index is 6.04. The lowest BCUT2D eigenvalue weighted by Crippen LogP contribution is -2.25. The van der Waals surface area contributed by atoms with Crippen molar-refractivity contribution in [3.63, 3.8) is 0 Å². The van der Waals surface area contributed by atoms with Crippen LogP contribution in [-0.2, 0) is 0 Å². The van der Waals surface area contributed by atoms with Gasteiger partial charge in [-0.1, -0.05) is 18.2 Å². The molecule has 25 heavy (non-hydrogen) atoms. The monoisotopic (exact) mass is 336 g/mol. The molecule has 2 aromatic heterocycles. The number of nitrogen functional groups attached to an aromatic ring is 1. The Balaban J connectivity index is 1.49. The van der Waals surface area contributed by atoms with Crippen molar-refractivity contribution in [2.75, 3.05) is 23.7 Å². The molecule has 4 rings (SSSR count). The second kappa shape index (κ2) is 6.43. The molecule has 1 saturated heterocycles. The highest BCUT2D eigenvalue weighted by Crippen LogP contribution is 2.23. The molecule has 2 N–H and O–H groups in total. The molecule has 3 aromatic rings. The zero-order valence-electron chi connectivity index (χ0n) is 14.0. The normalized spacial score (nSPS) is 17.0. The summed E-state index contributed by atoms with van der Waals surface area (Å²) in [5, 5.41) is 4.38. The lowest BCUT2D eigenvalue weighted by atomic mass is 10.3. The van der Waals surface area contributed by atoms with Crippen molar-refractivity contribution in [2.45, 2.75) is 19.4 Å². The number of aromatic nitrogens is 4. The van der Waals surface area contributed by atoms with Gasteiger partial charge in [0.2, 0.25) is 0 Å². The fourth-order valence-corrected chi connectivity index (χ4v) is 3.05. The predicted octanol–water partition coefficient (Wildman–Crippen LogP) is 2.21. The second-order valence-electron chi connectivity index (χ2n) is 6.14. The molecular formula is C18H20N6O. The van der Waals surface area contributed by atoms with Gasteiger partial charge in [-0.3, -0.25) is 0 Å². The van der Waals surface area contributed by atoms with E-state index < -0.39 is 0 Å². The summed E-state index contributed by atoms with van der Waals surface area (Å²) in [5.74, 6) is 2.99. The van der Waals surface area contributed by atoms with E-state index in [0.717, 1.165) is 36.8 Å². The van der Waals surface area contributed by atoms with Crippen LogP contribution in [0.4, 0.5) is 11.6 Å². The molecule has 0 radical (unpaired) electrons. The van der Waals surface area contributed by atoms with Gasteiger partial charge >= 0.3 is 0 Å². The summed E-state index contributed by atoms with van der Waals surface area (Å²) in [4.78, 5) is 10.9. The molecule has 0 saturated carbocycles. The van der Waals surface area contributed by atoms with E-state index in [9.17, 15) is 0 Å². The molecule has 1 fully saturated rings. The number of anilines is 2. The van der Waals surface area contributed by atoms with Gasteiger partial charge in [-0.25, -0.2) is 9.97 Å². The maximum atomic E-state index is 6.04. The van der Waals surface area contributed by atoms with E-state index in [1.165, 1.54) is 0 Å². The molecule has 0 amide bonds. The number of hydrogen-bond acceptors (Lipinski definition) is 6. The van der Waals surface area contributed by atoms with Gasteiger partial charge in [-0.2, -0.15) is 9.78 Å². The maximum Gasteiger partial charge on any atom is 0.161 e. The van der Waals surface area contributed by atoms with Crippen LogP contribution in [0.25, 0.3) is 5.82 Å². The van der Waals surface area contributed by atoms with E-state index in [-0.39, 0.29) is 6.10 Å². The Morgan fingerprint density at radius 2 is 1.92 bits per heavy atom. The van der Waals surface area contributed by atoms with Crippen molar-refractivity contribution in [1.29, 1.82) is 0 Å². The fourth-order valence-electron chi connectivity index (χ4n) is 3.05. The van der Waals surface area contributed by atoms with E-state index in [4.69, 9.17) is 10.5 Å². The van der Waals surface area contributed by atoms with Crippen LogP contribution in [0.1, 0.15) is 12.1 Å². The van der Waals surface area contributed by atoms with E-state index in [2.05, 4.69) is 20.0 Å². The van der Waals surface area contributed by atoms with Crippen molar-refractivity contribution >= 4 is 11.6 Å². The number of hydrogen-bond donors (Lipinski definition) is 1. The minimum atomic E-state index is 0.151. The largest absolute Gasteiger partial charge is 0.489 e. The third-order valence-corrected chi connectivity index (χ3v) is 4.23. The highest BCUT2D eigenvalue weighted by molar-refractivity contribution is 5.47. The number of nitrogens with two attached hydrogens (primary N) is 1. The summed E-state index contributed by atoms with van der Waals surface area (Å²) in [6.07, 6.45) is 2.65. The minimum Gasteiger partial charge on any atom is -0.489 e. The Hall–Kier alpha value is -3.09. The first-order valence-corrected chi connectivity index (χ1v) is 8.30. The Bertz CT molecular complexity index is 863. The Morgan fingerprint density at radius 3 is 2.68 bits per heavy atom. The van der Waals surface area contributed by atoms with Crippen molar-refractivity contribution < 1.29 is 4.74 Å². The van der Waals surface area contributed by atoms with Gasteiger partial charge < -0.3 is 15.4 Å². The fraction of sp³-hybridized carbons (Fsp3) is 0.278. The number of para-hydroxylation sites is 1. The van der Waals surface area contributed by atoms with Crippen molar-refractivity contribution in [3.8, 4) is 11.6 Å². The number of aryl methyl sites for hydroxylation is 1. The third kappa shape index (κ3) is 3.26. The van der Waals surface area contributed by atoms with Gasteiger partial charge in [0.25, 0.3) is 0 Å². The van der Waals surface area contributed by atoms with E-state index in [1.54, 1.807) is 11.0 Å². The lowest BCUT2D eigenvalue weighted by molar-refractivity contribution is 0.225. The molecule has 0 spiro atoms. The molecule has 1 atom stereocenters. The van der Waals surface area contributed by atoms with Gasteiger partial charge in [0, 0.05) is 25.1 Å². The van der Waals surface area contributed by atoms with Crippen LogP contribution < -0.4 is 15.4 Å². The molecule has 1 aliphatic heterocycles. The van der Waals surface area contributed by atoms with Gasteiger partial charge in [0.05, 0.1) is 12.2 Å². The lowest BCUT2D eigenvalue weighted by Gasteiger charge is -2.18. The molecule has 1 aromatic carbocycles. The summed E-state index contributed by atoms with van der Waals surface area (Å²) in [6, 6.07) is 13.6. The minimum absolute atomic E-state index is 0.151. The molecule has 3 heterocycles. The average Bonchev–Trinajstić information content (AvgIpc) is 3.22. The molecule has 7 nitrogen and oxygen atoms in total. The highest BCUT2D eigenvalue weighted by atomic mass is 16.5. The molecule has 0 bridgehead atoms. The van der Waals surface area contributed by atoms with Crippen LogP contribution in [0, 0.1) is 6.92 Å². The van der Waals surface area contributed by atoms with Crippen molar-refractivity contribution in [3.05, 3.63) is 54.5 Å². The molecule has 128 valence electrons. The molecule has 0 aliphatic carbocycles. The SMILES string of the molecule is Cc1cc(N)n(-c2cc(N3CCC(Oc4ccccc4)C3)ncn2)n1. The summed E-state index contributed by atoms with van der Waals surface area (Å²) < 4.78 is 7.68. The van der Waals surface area contributed by atoms with Crippen LogP contribution >= 0.6 is 0 Å². The van der Waals surface area contributed by atoms with Gasteiger partial charge in [-0.15, -0.1) is 0 Å². The summed E-state index contributed by atoms with van der Waals surface area (Å²) in [7, 11) is 0. The van der Waals surface area contributed by atoms with Crippen LogP contribution in [0.3, 0.4) is 0 Å². The van der Waals surface area contributed by atoms with Crippen LogP contribution in [-0.4, -0.2) is 38.9 Å². The Morgan fingerprint density at radius 1 is 1.12 bits per heavy atom. The number of nitrogens with zero attached hydrogens (tertiary/aromatic N) is 5. The number of ether oxygens (including phenoxy) is 1. The molecular weight excluding hydrogens is 316 g/mol. The zero-order chi connectivity index (χ0) is 17.2. The quantitative estimate of drug-likeness (QED) is 0.786. The molecule has 7 heteroatoms. The number of benzene rings is 1. The zero-order valence-corrected chi connectivity index (χ0v) is 14.0. The highest BCUT2D eigenvalue weighted by Gasteiger charge is 2.25. The molecule has 1 unspecified atom stereocenters. The Labute approximate surface area is 146 Å². The van der Waals surface area contributed by atoms with E-state index >= 15 is 0 Å². The van der Waals surface area contributed by atoms with Crippen LogP contribution in [0.5, 0.6) is 5.75 Å². The van der Waals surface area contributed by atoms with E-state index in [0.29, 0.717) is 11.6 Å². The topological polar surface area (TPSA) is 82.1 Å². The standard InChI is InChI=1S/C18H20N6O/c1-13-9-16(19)24(22-13)18-10-17(20-12-21-18)23-8-7-15(11-23)25-14-5-3-2-4-6-14/h2-6,9-10,12,15H,7-8,11,19H2,1H3. The van der Waals surface area contributed by atoms with Gasteiger partial charge in [0.1, 0.15) is 29.8 Å². The van der Waals surface area contributed by atoms with E-state index in [1.807, 2.05) is 49.4 Å². The molecule has 1 aliphatic rings. The summed E-state index contributed by atoms with van der Waals surface area (Å²) >= 11 is 0. The van der Waals surface area contributed by atoms with Crippen LogP contribution in [0.2, 0.25) is 0 Å². The van der Waals surface area contributed by atoms with Gasteiger partial charge in [0.15, 0.2) is 5.82 Å². The first-order valence-electron chi connectivity index (χ1n) is 8.30. The summed E-state index contributed by atoms with van der Waals surface area (Å²) in [5.41, 5.74) is 6.85. The van der Waals surface area contributed by atoms with Crippen molar-refractivity contribution in [2.24, 2.45) is 0 Å². The smallest absolute Gasteiger partial charge is 0.161 e. The van der Waals surface area contributed by atoms with Crippen molar-refractivity contribution in [1.82, 2.24) is 19.7 Å². The average molecular weight is 336 g/mol. The first kappa shape index (κ1) is 15.4. The predicted molar refractivity (Wildman–Crippen MR) is 96.0 cm³/mol. The first-order chi connectivity index (χ1) is 12.2. The number of rotatable bonds is 4. The van der Waals surface area contributed by atoms with Crippen LogP contribution in [0.15, 0.2) is 48.8 Å². The summed E-state index contributed by atoms with van der Waals surface area (Å²) in [6.45, 7) is 3.58. The Kier molecular flexibility index (Phi) is 3.97. The van der Waals surface area contributed by atoms with Gasteiger partial charge in [-0.05, 0) is 19.1 Å². The second-order valence-corrected chi connectivity index (χ2v) is 6.14.